The number of hydrogen-bond acceptors (Lipinski definition) is 5. The van der Waals surface area contributed by atoms with Crippen LogP contribution in [0.2, 0.25) is 0 Å². The number of nitrogens with one attached hydrogen (secondary N) is 1. The summed E-state index contributed by atoms with van der Waals surface area (Å²) >= 11 is 0. The molecule has 0 rings (SSSR count). The highest BCUT2D eigenvalue weighted by Gasteiger charge is 2.18. The minimum Gasteiger partial charge on any atom is -0.466 e. The maximum Gasteiger partial charge on any atom is 0.305 e. The van der Waals surface area contributed by atoms with Crippen LogP contribution in [0.25, 0.3) is 0 Å². The number of aliphatic hydroxyl groups is 2. The van der Waals surface area contributed by atoms with Crippen molar-refractivity contribution in [3.63, 3.8) is 0 Å². The Morgan fingerprint density at radius 3 is 1.14 bits per heavy atom. The van der Waals surface area contributed by atoms with Crippen molar-refractivity contribution in [3.05, 3.63) is 48.6 Å². The molecule has 0 saturated carbocycles. The number of hydrogen-bond donors (Lipinski definition) is 3. The van der Waals surface area contributed by atoms with Gasteiger partial charge in [-0.05, 0) is 83.5 Å². The van der Waals surface area contributed by atoms with E-state index in [9.17, 15) is 19.8 Å². The van der Waals surface area contributed by atoms with Crippen molar-refractivity contribution in [2.75, 3.05) is 13.2 Å². The maximum absolute atomic E-state index is 12.5. The number of unbranched alkanes of at least 4 members (excludes halogenated alkanes) is 41. The zero-order chi connectivity index (χ0) is 51.4. The van der Waals surface area contributed by atoms with Gasteiger partial charge >= 0.3 is 5.97 Å². The van der Waals surface area contributed by atoms with Crippen LogP contribution < -0.4 is 5.32 Å². The quantitative estimate of drug-likeness (QED) is 0.0321. The zero-order valence-electron chi connectivity index (χ0n) is 47.5. The molecule has 0 bridgehead atoms. The Morgan fingerprint density at radius 2 is 0.732 bits per heavy atom. The van der Waals surface area contributed by atoms with E-state index in [0.717, 1.165) is 57.8 Å². The van der Waals surface area contributed by atoms with Gasteiger partial charge in [-0.2, -0.15) is 0 Å². The third-order valence-corrected chi connectivity index (χ3v) is 14.3. The van der Waals surface area contributed by atoms with E-state index in [1.807, 2.05) is 6.08 Å². The lowest BCUT2D eigenvalue weighted by Crippen LogP contribution is -2.45. The van der Waals surface area contributed by atoms with E-state index in [-0.39, 0.29) is 18.5 Å². The van der Waals surface area contributed by atoms with E-state index in [1.165, 1.54) is 244 Å². The van der Waals surface area contributed by atoms with Crippen molar-refractivity contribution >= 4 is 11.9 Å². The molecule has 6 heteroatoms. The average Bonchev–Trinajstić information content (AvgIpc) is 3.37. The SMILES string of the molecule is CCC/C=C\C/C=C\CCCCCCCC(=O)OCCCCCCCCCCCC/C=C\CCCCCCCCCC(=O)NC(CO)C(O)/C=C/CCCCCCCCCCCCCCCCCCCC. The molecule has 2 unspecified atom stereocenters. The number of rotatable bonds is 58. The molecule has 0 heterocycles. The van der Waals surface area contributed by atoms with Gasteiger partial charge in [0.25, 0.3) is 0 Å². The summed E-state index contributed by atoms with van der Waals surface area (Å²) < 4.78 is 5.46. The third-order valence-electron chi connectivity index (χ3n) is 14.3. The number of ether oxygens (including phenoxy) is 1. The van der Waals surface area contributed by atoms with Gasteiger partial charge in [0, 0.05) is 12.8 Å². The van der Waals surface area contributed by atoms with Crippen LogP contribution in [0.4, 0.5) is 0 Å². The van der Waals surface area contributed by atoms with E-state index in [1.54, 1.807) is 6.08 Å². The van der Waals surface area contributed by atoms with Gasteiger partial charge in [0.15, 0.2) is 0 Å². The third kappa shape index (κ3) is 57.0. The van der Waals surface area contributed by atoms with Crippen LogP contribution in [0.1, 0.15) is 328 Å². The van der Waals surface area contributed by atoms with E-state index in [2.05, 4.69) is 55.6 Å². The topological polar surface area (TPSA) is 95.9 Å². The molecule has 6 nitrogen and oxygen atoms in total. The van der Waals surface area contributed by atoms with E-state index in [0.29, 0.717) is 19.4 Å². The van der Waals surface area contributed by atoms with Crippen molar-refractivity contribution in [2.45, 2.75) is 341 Å². The molecule has 2 atom stereocenters. The summed E-state index contributed by atoms with van der Waals surface area (Å²) in [5, 5.41) is 23.2. The molecular weight excluding hydrogens is 875 g/mol. The first-order valence-electron chi connectivity index (χ1n) is 31.4. The largest absolute Gasteiger partial charge is 0.466 e. The second kappa shape index (κ2) is 60.4. The van der Waals surface area contributed by atoms with E-state index >= 15 is 0 Å². The molecule has 0 aliphatic carbocycles. The van der Waals surface area contributed by atoms with Gasteiger partial charge in [0.1, 0.15) is 0 Å². The molecule has 0 spiro atoms. The number of carbonyl (C=O) groups excluding carboxylic acids is 2. The van der Waals surface area contributed by atoms with Crippen LogP contribution in [-0.2, 0) is 14.3 Å². The molecule has 71 heavy (non-hydrogen) atoms. The monoisotopic (exact) mass is 996 g/mol. The lowest BCUT2D eigenvalue weighted by molar-refractivity contribution is -0.143. The van der Waals surface area contributed by atoms with Crippen molar-refractivity contribution in [1.29, 1.82) is 0 Å². The molecule has 416 valence electrons. The van der Waals surface area contributed by atoms with Crippen LogP contribution in [-0.4, -0.2) is 47.4 Å². The molecule has 0 saturated heterocycles. The molecule has 3 N–H and O–H groups in total. The predicted molar refractivity (Wildman–Crippen MR) is 310 cm³/mol. The average molecular weight is 997 g/mol. The molecule has 0 radical (unpaired) electrons. The van der Waals surface area contributed by atoms with Crippen LogP contribution in [0, 0.1) is 0 Å². The van der Waals surface area contributed by atoms with Crippen LogP contribution in [0.5, 0.6) is 0 Å². The van der Waals surface area contributed by atoms with Gasteiger partial charge in [-0.3, -0.25) is 9.59 Å². The first-order chi connectivity index (χ1) is 35.0. The molecular formula is C65H121NO5. The standard InChI is InChI=1S/C65H121NO5/c1-3-5-7-9-11-13-15-17-18-19-20-24-27-30-34-37-41-45-49-53-57-63(68)62(61-67)66-64(69)58-54-50-46-42-38-35-31-28-25-22-21-23-26-29-32-36-40-44-48-52-56-60-71-65(70)59-55-51-47-43-39-33-16-14-12-10-8-6-4-2/h8,10,14,16,22,25,53,57,62-63,67-68H,3-7,9,11-13,15,17-21,23-24,26-52,54-56,58-61H2,1-2H3,(H,66,69)/b10-8-,16-14-,25-22-,57-53+. The van der Waals surface area contributed by atoms with Crippen molar-refractivity contribution in [3.8, 4) is 0 Å². The van der Waals surface area contributed by atoms with Crippen LogP contribution in [0.15, 0.2) is 48.6 Å². The molecule has 1 amide bonds. The predicted octanol–water partition coefficient (Wildman–Crippen LogP) is 19.7. The lowest BCUT2D eigenvalue weighted by Gasteiger charge is -2.20. The number of esters is 1. The Morgan fingerprint density at radius 1 is 0.394 bits per heavy atom. The Kier molecular flexibility index (Phi) is 58.5. The second-order valence-corrected chi connectivity index (χ2v) is 21.4. The van der Waals surface area contributed by atoms with Gasteiger partial charge in [-0.15, -0.1) is 0 Å². The molecule has 0 aliphatic heterocycles. The fourth-order valence-corrected chi connectivity index (χ4v) is 9.49. The van der Waals surface area contributed by atoms with E-state index < -0.39 is 12.1 Å². The highest BCUT2D eigenvalue weighted by atomic mass is 16.5. The number of amides is 1. The van der Waals surface area contributed by atoms with Gasteiger partial charge in [0.2, 0.25) is 5.91 Å². The molecule has 0 aromatic carbocycles. The fraction of sp³-hybridized carbons (Fsp3) is 0.846. The summed E-state index contributed by atoms with van der Waals surface area (Å²) in [5.41, 5.74) is 0. The van der Waals surface area contributed by atoms with Crippen molar-refractivity contribution in [1.82, 2.24) is 5.32 Å². The van der Waals surface area contributed by atoms with Gasteiger partial charge in [0.05, 0.1) is 25.4 Å². The maximum atomic E-state index is 12.5. The normalized spacial score (nSPS) is 12.9. The fourth-order valence-electron chi connectivity index (χ4n) is 9.49. The summed E-state index contributed by atoms with van der Waals surface area (Å²) in [4.78, 5) is 24.5. The van der Waals surface area contributed by atoms with Gasteiger partial charge in [-0.1, -0.05) is 281 Å². The van der Waals surface area contributed by atoms with Gasteiger partial charge in [-0.25, -0.2) is 0 Å². The molecule has 0 fully saturated rings. The molecule has 0 aromatic rings. The Bertz CT molecular complexity index is 1190. The minimum atomic E-state index is -0.851. The zero-order valence-corrected chi connectivity index (χ0v) is 47.5. The second-order valence-electron chi connectivity index (χ2n) is 21.4. The summed E-state index contributed by atoms with van der Waals surface area (Å²) in [7, 11) is 0. The summed E-state index contributed by atoms with van der Waals surface area (Å²) in [6, 6.07) is -0.635. The van der Waals surface area contributed by atoms with Gasteiger partial charge < -0.3 is 20.3 Å². The highest BCUT2D eigenvalue weighted by molar-refractivity contribution is 5.76. The number of carbonyl (C=O) groups is 2. The lowest BCUT2D eigenvalue weighted by atomic mass is 10.0. The number of allylic oxidation sites excluding steroid dienone is 7. The minimum absolute atomic E-state index is 0.00798. The first-order valence-corrected chi connectivity index (χ1v) is 31.4. The van der Waals surface area contributed by atoms with Crippen LogP contribution >= 0.6 is 0 Å². The highest BCUT2D eigenvalue weighted by Crippen LogP contribution is 2.17. The molecule has 0 aliphatic rings. The Hall–Kier alpha value is -2.18. The first kappa shape index (κ1) is 68.8. The summed E-state index contributed by atoms with van der Waals surface area (Å²) in [6.45, 7) is 4.84. The Balaban J connectivity index is 3.47. The summed E-state index contributed by atoms with van der Waals surface area (Å²) in [6.07, 6.45) is 77.2. The summed E-state index contributed by atoms with van der Waals surface area (Å²) in [5.74, 6) is -0.0821. The Labute approximate surface area is 442 Å². The van der Waals surface area contributed by atoms with Crippen molar-refractivity contribution in [2.24, 2.45) is 0 Å². The van der Waals surface area contributed by atoms with Crippen molar-refractivity contribution < 1.29 is 24.5 Å². The number of aliphatic hydroxyl groups excluding tert-OH is 2. The smallest absolute Gasteiger partial charge is 0.305 e. The molecule has 0 aromatic heterocycles. The van der Waals surface area contributed by atoms with Crippen LogP contribution in [0.3, 0.4) is 0 Å². The van der Waals surface area contributed by atoms with E-state index in [4.69, 9.17) is 4.74 Å².